The zero-order chi connectivity index (χ0) is 20.8. The lowest BCUT2D eigenvalue weighted by atomic mass is 9.97. The van der Waals surface area contributed by atoms with Crippen LogP contribution in [0.3, 0.4) is 0 Å². The van der Waals surface area contributed by atoms with Crippen LogP contribution >= 0.6 is 35.3 Å². The molecular formula is C23H34IN5OS. The number of piperidine rings is 1. The van der Waals surface area contributed by atoms with Gasteiger partial charge in [-0.25, -0.2) is 4.98 Å². The number of aryl methyl sites for hydroxylation is 1. The second-order valence-corrected chi connectivity index (χ2v) is 9.13. The minimum Gasteiger partial charge on any atom is -0.488 e. The minimum absolute atomic E-state index is 0. The molecule has 1 fully saturated rings. The lowest BCUT2D eigenvalue weighted by Gasteiger charge is -2.31. The van der Waals surface area contributed by atoms with Crippen LogP contribution in [0.25, 0.3) is 0 Å². The monoisotopic (exact) mass is 555 g/mol. The Morgan fingerprint density at radius 2 is 2.00 bits per heavy atom. The van der Waals surface area contributed by atoms with Crippen LogP contribution < -0.4 is 15.4 Å². The summed E-state index contributed by atoms with van der Waals surface area (Å²) < 4.78 is 6.01. The molecule has 170 valence electrons. The number of halogens is 1. The van der Waals surface area contributed by atoms with Crippen molar-refractivity contribution in [2.75, 3.05) is 33.2 Å². The van der Waals surface area contributed by atoms with E-state index in [1.165, 1.54) is 29.1 Å². The molecule has 3 heterocycles. The summed E-state index contributed by atoms with van der Waals surface area (Å²) in [5.74, 6) is 2.57. The summed E-state index contributed by atoms with van der Waals surface area (Å²) in [5, 5.41) is 10.4. The number of hydrogen-bond acceptors (Lipinski definition) is 5. The van der Waals surface area contributed by atoms with Crippen molar-refractivity contribution in [3.63, 3.8) is 0 Å². The van der Waals surface area contributed by atoms with Crippen LogP contribution in [0.2, 0.25) is 0 Å². The Balaban J connectivity index is 0.00000272. The summed E-state index contributed by atoms with van der Waals surface area (Å²) in [6.07, 6.45) is 4.60. The van der Waals surface area contributed by atoms with Crippen LogP contribution in [0.5, 0.6) is 5.75 Å². The van der Waals surface area contributed by atoms with Gasteiger partial charge in [-0.2, -0.15) is 0 Å². The number of aromatic nitrogens is 1. The van der Waals surface area contributed by atoms with E-state index in [2.05, 4.69) is 45.0 Å². The fraction of sp³-hybridized carbons (Fsp3) is 0.565. The SMILES string of the molecule is CCc1nc(CN2CCC(CNC(=NC)NCC3Cc4ccccc4O3)CC2)cs1.I. The van der Waals surface area contributed by atoms with Crippen molar-refractivity contribution >= 4 is 41.3 Å². The standard InChI is InChI=1S/C23H33N5OS.HI/c1-3-22-27-19(16-30-22)15-28-10-8-17(9-11-28)13-25-23(24-2)26-14-20-12-18-6-4-5-7-21(18)29-20;/h4-7,16-17,20H,3,8-15H2,1-2H3,(H2,24,25,26);1H. The van der Waals surface area contributed by atoms with Crippen molar-refractivity contribution in [1.29, 1.82) is 0 Å². The number of aliphatic imine (C=N–C) groups is 1. The Morgan fingerprint density at radius 1 is 1.23 bits per heavy atom. The van der Waals surface area contributed by atoms with Gasteiger partial charge in [0.15, 0.2) is 5.96 Å². The van der Waals surface area contributed by atoms with E-state index in [9.17, 15) is 0 Å². The quantitative estimate of drug-likeness (QED) is 0.310. The summed E-state index contributed by atoms with van der Waals surface area (Å²) in [4.78, 5) is 11.6. The number of para-hydroxylation sites is 1. The van der Waals surface area contributed by atoms with Gasteiger partial charge in [-0.1, -0.05) is 25.1 Å². The van der Waals surface area contributed by atoms with Crippen molar-refractivity contribution in [1.82, 2.24) is 20.5 Å². The average Bonchev–Trinajstić information content (AvgIpc) is 3.41. The first-order chi connectivity index (χ1) is 14.7. The number of nitrogens with one attached hydrogen (secondary N) is 2. The smallest absolute Gasteiger partial charge is 0.191 e. The van der Waals surface area contributed by atoms with Crippen molar-refractivity contribution in [3.8, 4) is 5.75 Å². The topological polar surface area (TPSA) is 61.8 Å². The molecule has 0 spiro atoms. The Kier molecular flexibility index (Phi) is 9.40. The van der Waals surface area contributed by atoms with Crippen LogP contribution in [0.15, 0.2) is 34.6 Å². The van der Waals surface area contributed by atoms with E-state index >= 15 is 0 Å². The molecule has 0 radical (unpaired) electrons. The van der Waals surface area contributed by atoms with E-state index in [1.807, 2.05) is 19.2 Å². The molecule has 31 heavy (non-hydrogen) atoms. The molecule has 2 aliphatic rings. The molecule has 0 bridgehead atoms. The number of guanidine groups is 1. The van der Waals surface area contributed by atoms with Crippen molar-refractivity contribution < 1.29 is 4.74 Å². The van der Waals surface area contributed by atoms with Gasteiger partial charge in [0.05, 0.1) is 17.2 Å². The third kappa shape index (κ3) is 6.79. The predicted octanol–water partition coefficient (Wildman–Crippen LogP) is 3.70. The van der Waals surface area contributed by atoms with Crippen molar-refractivity contribution in [3.05, 3.63) is 45.9 Å². The highest BCUT2D eigenvalue weighted by Gasteiger charge is 2.23. The highest BCUT2D eigenvalue weighted by Crippen LogP contribution is 2.27. The number of hydrogen-bond donors (Lipinski definition) is 2. The first kappa shape index (κ1) is 24.3. The molecule has 0 aliphatic carbocycles. The molecule has 1 saturated heterocycles. The Morgan fingerprint density at radius 3 is 2.71 bits per heavy atom. The molecule has 2 aliphatic heterocycles. The normalized spacial score (nSPS) is 19.4. The van der Waals surface area contributed by atoms with Gasteiger partial charge < -0.3 is 15.4 Å². The van der Waals surface area contributed by atoms with Gasteiger partial charge >= 0.3 is 0 Å². The number of benzene rings is 1. The Bertz CT molecular complexity index is 825. The van der Waals surface area contributed by atoms with Crippen LogP contribution in [0.4, 0.5) is 0 Å². The molecule has 0 saturated carbocycles. The molecule has 1 aromatic heterocycles. The van der Waals surface area contributed by atoms with Crippen LogP contribution in [-0.4, -0.2) is 55.2 Å². The molecule has 6 nitrogen and oxygen atoms in total. The molecule has 0 amide bonds. The first-order valence-electron chi connectivity index (χ1n) is 11.1. The molecule has 2 aromatic rings. The second-order valence-electron chi connectivity index (χ2n) is 8.19. The van der Waals surface area contributed by atoms with E-state index in [1.54, 1.807) is 11.3 Å². The molecule has 8 heteroatoms. The van der Waals surface area contributed by atoms with Gasteiger partial charge in [-0.05, 0) is 49.9 Å². The molecule has 4 rings (SSSR count). The van der Waals surface area contributed by atoms with Gasteiger partial charge in [0, 0.05) is 31.9 Å². The maximum absolute atomic E-state index is 6.01. The van der Waals surface area contributed by atoms with Crippen LogP contribution in [0, 0.1) is 5.92 Å². The van der Waals surface area contributed by atoms with E-state index in [-0.39, 0.29) is 30.1 Å². The zero-order valence-corrected chi connectivity index (χ0v) is 21.6. The van der Waals surface area contributed by atoms with Gasteiger partial charge in [0.2, 0.25) is 0 Å². The number of nitrogens with zero attached hydrogens (tertiary/aromatic N) is 3. The first-order valence-corrected chi connectivity index (χ1v) is 12.0. The molecular weight excluding hydrogens is 521 g/mol. The number of thiazole rings is 1. The number of ether oxygens (including phenoxy) is 1. The van der Waals surface area contributed by atoms with E-state index in [0.29, 0.717) is 5.92 Å². The maximum atomic E-state index is 6.01. The van der Waals surface area contributed by atoms with Crippen LogP contribution in [0.1, 0.15) is 36.0 Å². The van der Waals surface area contributed by atoms with Gasteiger partial charge in [0.1, 0.15) is 11.9 Å². The van der Waals surface area contributed by atoms with Crippen molar-refractivity contribution in [2.24, 2.45) is 10.9 Å². The average molecular weight is 556 g/mol. The maximum Gasteiger partial charge on any atom is 0.191 e. The second kappa shape index (κ2) is 12.0. The Labute approximate surface area is 206 Å². The van der Waals surface area contributed by atoms with E-state index < -0.39 is 0 Å². The van der Waals surface area contributed by atoms with Gasteiger partial charge in [-0.15, -0.1) is 35.3 Å². The van der Waals surface area contributed by atoms with E-state index in [0.717, 1.165) is 57.3 Å². The Hall–Kier alpha value is -1.39. The van der Waals surface area contributed by atoms with Gasteiger partial charge in [-0.3, -0.25) is 9.89 Å². The third-order valence-electron chi connectivity index (χ3n) is 5.99. The fourth-order valence-electron chi connectivity index (χ4n) is 4.20. The molecule has 1 atom stereocenters. The highest BCUT2D eigenvalue weighted by molar-refractivity contribution is 14.0. The summed E-state index contributed by atoms with van der Waals surface area (Å²) in [6.45, 7) is 7.18. The molecule has 2 N–H and O–H groups in total. The molecule has 1 aromatic carbocycles. The largest absolute Gasteiger partial charge is 0.488 e. The molecule has 1 unspecified atom stereocenters. The zero-order valence-electron chi connectivity index (χ0n) is 18.5. The summed E-state index contributed by atoms with van der Waals surface area (Å²) in [5.41, 5.74) is 2.52. The fourth-order valence-corrected chi connectivity index (χ4v) is 4.94. The highest BCUT2D eigenvalue weighted by atomic mass is 127. The van der Waals surface area contributed by atoms with Crippen molar-refractivity contribution in [2.45, 2.75) is 45.3 Å². The van der Waals surface area contributed by atoms with Crippen LogP contribution in [-0.2, 0) is 19.4 Å². The summed E-state index contributed by atoms with van der Waals surface area (Å²) >= 11 is 1.79. The minimum atomic E-state index is 0. The van der Waals surface area contributed by atoms with Gasteiger partial charge in [0.25, 0.3) is 0 Å². The lowest BCUT2D eigenvalue weighted by molar-refractivity contribution is 0.176. The summed E-state index contributed by atoms with van der Waals surface area (Å²) in [7, 11) is 1.83. The lowest BCUT2D eigenvalue weighted by Crippen LogP contribution is -2.45. The number of likely N-dealkylation sites (tertiary alicyclic amines) is 1. The predicted molar refractivity (Wildman–Crippen MR) is 139 cm³/mol. The van der Waals surface area contributed by atoms with E-state index in [4.69, 9.17) is 9.72 Å². The number of fused-ring (bicyclic) bond motifs is 1. The number of rotatable bonds is 7. The summed E-state index contributed by atoms with van der Waals surface area (Å²) in [6, 6.07) is 8.29. The third-order valence-corrected chi connectivity index (χ3v) is 7.03.